The van der Waals surface area contributed by atoms with Crippen LogP contribution in [0.3, 0.4) is 0 Å². The van der Waals surface area contributed by atoms with E-state index < -0.39 is 0 Å². The third kappa shape index (κ3) is 2.58. The Balaban J connectivity index is 1.77. The first-order valence-corrected chi connectivity index (χ1v) is 5.64. The zero-order valence-corrected chi connectivity index (χ0v) is 9.00. The second-order valence-corrected chi connectivity index (χ2v) is 4.50. The van der Waals surface area contributed by atoms with Crippen molar-refractivity contribution in [2.24, 2.45) is 5.41 Å². The Morgan fingerprint density at radius 2 is 2.27 bits per heavy atom. The Hall–Kier alpha value is -0.870. The highest BCUT2D eigenvalue weighted by atomic mass is 16.3. The number of rotatable bonds is 5. The van der Waals surface area contributed by atoms with Crippen LogP contribution in [0.5, 0.6) is 0 Å². The zero-order chi connectivity index (χ0) is 10.6. The lowest BCUT2D eigenvalue weighted by atomic mass is 9.87. The van der Waals surface area contributed by atoms with E-state index in [1.54, 1.807) is 6.20 Å². The summed E-state index contributed by atoms with van der Waals surface area (Å²) >= 11 is 0. The van der Waals surface area contributed by atoms with Crippen molar-refractivity contribution >= 4 is 0 Å². The summed E-state index contributed by atoms with van der Waals surface area (Å²) in [4.78, 5) is 7.21. The van der Waals surface area contributed by atoms with Crippen LogP contribution in [0.4, 0.5) is 0 Å². The first kappa shape index (κ1) is 10.6. The number of aromatic nitrogens is 2. The Labute approximate surface area is 90.1 Å². The van der Waals surface area contributed by atoms with Crippen LogP contribution < -0.4 is 5.32 Å². The maximum Gasteiger partial charge on any atom is 0.120 e. The molecule has 1 aliphatic carbocycles. The number of H-pyrrole nitrogens is 1. The van der Waals surface area contributed by atoms with Gasteiger partial charge in [0.1, 0.15) is 5.82 Å². The Kier molecular flexibility index (Phi) is 3.38. The molecule has 1 saturated carbocycles. The summed E-state index contributed by atoms with van der Waals surface area (Å²) in [5.74, 6) is 0.959. The average molecular weight is 209 g/mol. The SMILES string of the molecule is OCC1(CNCc2ncc[nH]2)CCCC1. The molecule has 1 aromatic heterocycles. The fraction of sp³-hybridized carbons (Fsp3) is 0.727. The minimum absolute atomic E-state index is 0.132. The van der Waals surface area contributed by atoms with E-state index in [-0.39, 0.29) is 5.41 Å². The normalized spacial score (nSPS) is 19.5. The second-order valence-electron chi connectivity index (χ2n) is 4.50. The second kappa shape index (κ2) is 4.77. The van der Waals surface area contributed by atoms with Gasteiger partial charge in [-0.1, -0.05) is 12.8 Å². The van der Waals surface area contributed by atoms with E-state index in [1.165, 1.54) is 12.8 Å². The van der Waals surface area contributed by atoms with E-state index in [9.17, 15) is 5.11 Å². The summed E-state index contributed by atoms with van der Waals surface area (Å²) in [7, 11) is 0. The summed E-state index contributed by atoms with van der Waals surface area (Å²) in [5.41, 5.74) is 0.132. The van der Waals surface area contributed by atoms with Crippen LogP contribution in [0.2, 0.25) is 0 Å². The molecule has 0 aliphatic heterocycles. The molecular weight excluding hydrogens is 190 g/mol. The van der Waals surface area contributed by atoms with Crippen molar-refractivity contribution in [3.8, 4) is 0 Å². The quantitative estimate of drug-likeness (QED) is 0.679. The van der Waals surface area contributed by atoms with Crippen LogP contribution >= 0.6 is 0 Å². The zero-order valence-electron chi connectivity index (χ0n) is 9.00. The minimum Gasteiger partial charge on any atom is -0.396 e. The van der Waals surface area contributed by atoms with Gasteiger partial charge >= 0.3 is 0 Å². The van der Waals surface area contributed by atoms with Gasteiger partial charge in [-0.25, -0.2) is 4.98 Å². The topological polar surface area (TPSA) is 60.9 Å². The van der Waals surface area contributed by atoms with Gasteiger partial charge in [0.15, 0.2) is 0 Å². The van der Waals surface area contributed by atoms with E-state index in [2.05, 4.69) is 15.3 Å². The van der Waals surface area contributed by atoms with Crippen molar-refractivity contribution < 1.29 is 5.11 Å². The molecule has 0 radical (unpaired) electrons. The molecule has 0 unspecified atom stereocenters. The lowest BCUT2D eigenvalue weighted by Gasteiger charge is -2.26. The molecule has 84 valence electrons. The highest BCUT2D eigenvalue weighted by Gasteiger charge is 2.32. The minimum atomic E-state index is 0.132. The summed E-state index contributed by atoms with van der Waals surface area (Å²) in [6.45, 7) is 1.96. The summed E-state index contributed by atoms with van der Waals surface area (Å²) in [6, 6.07) is 0. The molecule has 1 heterocycles. The molecule has 1 aromatic rings. The van der Waals surface area contributed by atoms with E-state index in [0.29, 0.717) is 6.61 Å². The summed E-state index contributed by atoms with van der Waals surface area (Å²) in [6.07, 6.45) is 8.39. The lowest BCUT2D eigenvalue weighted by molar-refractivity contribution is 0.128. The molecule has 0 aromatic carbocycles. The molecule has 3 N–H and O–H groups in total. The molecule has 4 nitrogen and oxygen atoms in total. The molecule has 0 bridgehead atoms. The number of hydrogen-bond acceptors (Lipinski definition) is 3. The van der Waals surface area contributed by atoms with Crippen LogP contribution in [0, 0.1) is 5.41 Å². The average Bonchev–Trinajstić information content (AvgIpc) is 2.89. The standard InChI is InChI=1S/C11H19N3O/c15-9-11(3-1-2-4-11)8-12-7-10-13-5-6-14-10/h5-6,12,15H,1-4,7-9H2,(H,13,14). The largest absolute Gasteiger partial charge is 0.396 e. The fourth-order valence-corrected chi connectivity index (χ4v) is 2.36. The van der Waals surface area contributed by atoms with Gasteiger partial charge < -0.3 is 15.4 Å². The molecule has 0 saturated heterocycles. The van der Waals surface area contributed by atoms with Gasteiger partial charge in [0.05, 0.1) is 6.54 Å². The molecule has 2 rings (SSSR count). The molecule has 0 amide bonds. The van der Waals surface area contributed by atoms with Crippen molar-refractivity contribution in [3.05, 3.63) is 18.2 Å². The number of imidazole rings is 1. The molecule has 1 aliphatic rings. The van der Waals surface area contributed by atoms with Gasteiger partial charge in [0.25, 0.3) is 0 Å². The molecule has 0 atom stereocenters. The predicted octanol–water partition coefficient (Wildman–Crippen LogP) is 1.05. The van der Waals surface area contributed by atoms with E-state index in [1.807, 2.05) is 6.20 Å². The first-order valence-electron chi connectivity index (χ1n) is 5.64. The van der Waals surface area contributed by atoms with Crippen molar-refractivity contribution in [1.29, 1.82) is 0 Å². The number of hydrogen-bond donors (Lipinski definition) is 3. The van der Waals surface area contributed by atoms with E-state index in [4.69, 9.17) is 0 Å². The molecule has 0 spiro atoms. The summed E-state index contributed by atoms with van der Waals surface area (Å²) < 4.78 is 0. The Morgan fingerprint density at radius 1 is 1.47 bits per heavy atom. The Morgan fingerprint density at radius 3 is 2.87 bits per heavy atom. The highest BCUT2D eigenvalue weighted by molar-refractivity contribution is 4.89. The maximum atomic E-state index is 9.41. The Bertz CT molecular complexity index is 278. The maximum absolute atomic E-state index is 9.41. The number of nitrogens with zero attached hydrogens (tertiary/aromatic N) is 1. The van der Waals surface area contributed by atoms with Crippen LogP contribution in [-0.2, 0) is 6.54 Å². The monoisotopic (exact) mass is 209 g/mol. The number of aliphatic hydroxyl groups excluding tert-OH is 1. The smallest absolute Gasteiger partial charge is 0.120 e. The van der Waals surface area contributed by atoms with Crippen LogP contribution in [0.15, 0.2) is 12.4 Å². The van der Waals surface area contributed by atoms with Gasteiger partial charge in [0.2, 0.25) is 0 Å². The lowest BCUT2D eigenvalue weighted by Crippen LogP contribution is -2.35. The van der Waals surface area contributed by atoms with Crippen LogP contribution in [-0.4, -0.2) is 28.2 Å². The molecule has 1 fully saturated rings. The first-order chi connectivity index (χ1) is 7.35. The van der Waals surface area contributed by atoms with Crippen LogP contribution in [0.25, 0.3) is 0 Å². The van der Waals surface area contributed by atoms with Crippen molar-refractivity contribution in [2.75, 3.05) is 13.2 Å². The van der Waals surface area contributed by atoms with E-state index in [0.717, 1.165) is 31.8 Å². The van der Waals surface area contributed by atoms with E-state index >= 15 is 0 Å². The third-order valence-electron chi connectivity index (χ3n) is 3.35. The third-order valence-corrected chi connectivity index (χ3v) is 3.35. The predicted molar refractivity (Wildman–Crippen MR) is 58.3 cm³/mol. The van der Waals surface area contributed by atoms with Gasteiger partial charge in [0, 0.05) is 31.0 Å². The van der Waals surface area contributed by atoms with Gasteiger partial charge in [-0.05, 0) is 12.8 Å². The van der Waals surface area contributed by atoms with Crippen molar-refractivity contribution in [3.63, 3.8) is 0 Å². The number of aliphatic hydroxyl groups is 1. The molecular formula is C11H19N3O. The number of nitrogens with one attached hydrogen (secondary N) is 2. The van der Waals surface area contributed by atoms with Crippen molar-refractivity contribution in [2.45, 2.75) is 32.2 Å². The van der Waals surface area contributed by atoms with Crippen molar-refractivity contribution in [1.82, 2.24) is 15.3 Å². The fourth-order valence-electron chi connectivity index (χ4n) is 2.36. The van der Waals surface area contributed by atoms with Gasteiger partial charge in [-0.3, -0.25) is 0 Å². The van der Waals surface area contributed by atoms with Gasteiger partial charge in [-0.15, -0.1) is 0 Å². The molecule has 15 heavy (non-hydrogen) atoms. The van der Waals surface area contributed by atoms with Crippen LogP contribution in [0.1, 0.15) is 31.5 Å². The molecule has 4 heteroatoms. The summed E-state index contributed by atoms with van der Waals surface area (Å²) in [5, 5.41) is 12.8. The number of aromatic amines is 1. The highest BCUT2D eigenvalue weighted by Crippen LogP contribution is 2.36. The van der Waals surface area contributed by atoms with Gasteiger partial charge in [-0.2, -0.15) is 0 Å².